The molecular weight excluding hydrogens is 454 g/mol. The van der Waals surface area contributed by atoms with Gasteiger partial charge in [0.2, 0.25) is 17.7 Å². The molecule has 0 saturated carbocycles. The van der Waals surface area contributed by atoms with Crippen molar-refractivity contribution >= 4 is 42.3 Å². The number of carboxylic acids is 1. The van der Waals surface area contributed by atoms with Gasteiger partial charge >= 0.3 is 5.97 Å². The Morgan fingerprint density at radius 1 is 0.970 bits per heavy atom. The van der Waals surface area contributed by atoms with E-state index < -0.39 is 54.0 Å². The number of nitrogens with one attached hydrogen (secondary N) is 3. The first kappa shape index (κ1) is 30.4. The van der Waals surface area contributed by atoms with Crippen molar-refractivity contribution in [1.82, 2.24) is 16.0 Å². The largest absolute Gasteiger partial charge is 0.480 e. The van der Waals surface area contributed by atoms with Gasteiger partial charge in [-0.2, -0.15) is 12.6 Å². The SMILES string of the molecule is CC(C)CC(NC(=O)C(N)CCCN=C(N)N)C(=O)NC(C(=O)NC(CS)C(=O)O)C(C)O. The van der Waals surface area contributed by atoms with Crippen molar-refractivity contribution in [2.24, 2.45) is 28.1 Å². The number of nitrogens with zero attached hydrogens (tertiary/aromatic N) is 1. The van der Waals surface area contributed by atoms with Crippen LogP contribution in [0.25, 0.3) is 0 Å². The standard InChI is InChI=1S/C19H37N7O6S/c1-9(2)7-12(24-15(28)11(20)5-4-6-23-19(21)22)16(29)26-14(10(3)27)17(30)25-13(8-33)18(31)32/h9-14,27,33H,4-8,20H2,1-3H3,(H,24,28)(H,25,30)(H,26,29)(H,31,32)(H4,21,22,23). The van der Waals surface area contributed by atoms with Gasteiger partial charge in [0.1, 0.15) is 18.1 Å². The van der Waals surface area contributed by atoms with E-state index in [2.05, 4.69) is 33.6 Å². The summed E-state index contributed by atoms with van der Waals surface area (Å²) in [5.41, 5.74) is 16.4. The van der Waals surface area contributed by atoms with Crippen molar-refractivity contribution in [3.05, 3.63) is 0 Å². The number of thiol groups is 1. The van der Waals surface area contributed by atoms with E-state index in [1.165, 1.54) is 6.92 Å². The number of aliphatic imine (C=N–C) groups is 1. The molecule has 5 atom stereocenters. The topological polar surface area (TPSA) is 235 Å². The van der Waals surface area contributed by atoms with Gasteiger partial charge in [0.05, 0.1) is 12.1 Å². The van der Waals surface area contributed by atoms with Gasteiger partial charge in [0.25, 0.3) is 0 Å². The summed E-state index contributed by atoms with van der Waals surface area (Å²) in [5.74, 6) is -3.75. The van der Waals surface area contributed by atoms with Gasteiger partial charge in [0, 0.05) is 12.3 Å². The van der Waals surface area contributed by atoms with E-state index in [-0.39, 0.29) is 30.5 Å². The Bertz CT molecular complexity index is 700. The van der Waals surface area contributed by atoms with E-state index in [4.69, 9.17) is 22.3 Å². The van der Waals surface area contributed by atoms with Gasteiger partial charge in [-0.1, -0.05) is 13.8 Å². The molecule has 0 aromatic heterocycles. The molecule has 3 amide bonds. The Labute approximate surface area is 198 Å². The number of carbonyl (C=O) groups excluding carboxylic acids is 3. The summed E-state index contributed by atoms with van der Waals surface area (Å²) in [5, 5.41) is 26.2. The number of carboxylic acid groups (broad SMARTS) is 1. The summed E-state index contributed by atoms with van der Waals surface area (Å²) in [6, 6.07) is -4.69. The van der Waals surface area contributed by atoms with Crippen molar-refractivity contribution in [3.8, 4) is 0 Å². The number of guanidine groups is 1. The van der Waals surface area contributed by atoms with Crippen LogP contribution in [0.1, 0.15) is 40.0 Å². The molecule has 0 bridgehead atoms. The van der Waals surface area contributed by atoms with E-state index in [9.17, 15) is 24.3 Å². The molecule has 0 aromatic rings. The number of aliphatic hydroxyl groups is 1. The minimum atomic E-state index is -1.45. The predicted octanol–water partition coefficient (Wildman–Crippen LogP) is -2.74. The molecule has 0 aromatic carbocycles. The average molecular weight is 492 g/mol. The average Bonchev–Trinajstić information content (AvgIpc) is 2.71. The van der Waals surface area contributed by atoms with Crippen LogP contribution >= 0.6 is 12.6 Å². The van der Waals surface area contributed by atoms with Gasteiger partial charge in [-0.25, -0.2) is 4.79 Å². The molecule has 0 saturated heterocycles. The number of aliphatic carboxylic acids is 1. The van der Waals surface area contributed by atoms with Crippen molar-refractivity contribution < 1.29 is 29.4 Å². The zero-order valence-corrected chi connectivity index (χ0v) is 20.0. The molecule has 0 aliphatic carbocycles. The highest BCUT2D eigenvalue weighted by Crippen LogP contribution is 2.08. The Balaban J connectivity index is 5.23. The summed E-state index contributed by atoms with van der Waals surface area (Å²) in [6.45, 7) is 5.24. The minimum Gasteiger partial charge on any atom is -0.480 e. The maximum Gasteiger partial charge on any atom is 0.327 e. The van der Waals surface area contributed by atoms with E-state index in [1.54, 1.807) is 0 Å². The number of carbonyl (C=O) groups is 4. The second-order valence-electron chi connectivity index (χ2n) is 8.05. The lowest BCUT2D eigenvalue weighted by Gasteiger charge is -2.27. The highest BCUT2D eigenvalue weighted by Gasteiger charge is 2.32. The molecule has 14 heteroatoms. The molecule has 0 aliphatic heterocycles. The molecule has 0 fully saturated rings. The third kappa shape index (κ3) is 12.3. The Morgan fingerprint density at radius 3 is 2.00 bits per heavy atom. The molecular formula is C19H37N7O6S. The maximum atomic E-state index is 12.8. The molecule has 190 valence electrons. The van der Waals surface area contributed by atoms with Gasteiger partial charge in [-0.05, 0) is 32.1 Å². The van der Waals surface area contributed by atoms with Crippen LogP contribution in [-0.2, 0) is 19.2 Å². The predicted molar refractivity (Wildman–Crippen MR) is 126 cm³/mol. The summed E-state index contributed by atoms with van der Waals surface area (Å²) in [6.07, 6.45) is -0.372. The van der Waals surface area contributed by atoms with Crippen molar-refractivity contribution in [3.63, 3.8) is 0 Å². The van der Waals surface area contributed by atoms with Crippen LogP contribution in [0.3, 0.4) is 0 Å². The summed E-state index contributed by atoms with van der Waals surface area (Å²) in [4.78, 5) is 52.7. The molecule has 13 nitrogen and oxygen atoms in total. The van der Waals surface area contributed by atoms with Gasteiger partial charge in [0.15, 0.2) is 5.96 Å². The number of hydrogen-bond donors (Lipinski definition) is 9. The third-order valence-electron chi connectivity index (χ3n) is 4.50. The van der Waals surface area contributed by atoms with Crippen LogP contribution < -0.4 is 33.2 Å². The van der Waals surface area contributed by atoms with Crippen LogP contribution in [-0.4, -0.2) is 82.4 Å². The normalized spacial score (nSPS) is 15.5. The highest BCUT2D eigenvalue weighted by atomic mass is 32.1. The molecule has 11 N–H and O–H groups in total. The number of aliphatic hydroxyl groups excluding tert-OH is 1. The molecule has 33 heavy (non-hydrogen) atoms. The van der Waals surface area contributed by atoms with Crippen molar-refractivity contribution in [1.29, 1.82) is 0 Å². The van der Waals surface area contributed by atoms with Crippen LogP contribution in [0, 0.1) is 5.92 Å². The molecule has 0 spiro atoms. The molecule has 0 radical (unpaired) electrons. The lowest BCUT2D eigenvalue weighted by molar-refractivity contribution is -0.142. The Morgan fingerprint density at radius 2 is 1.55 bits per heavy atom. The number of nitrogens with two attached hydrogens (primary N) is 3. The molecule has 0 heterocycles. The second-order valence-corrected chi connectivity index (χ2v) is 8.42. The zero-order chi connectivity index (χ0) is 25.7. The minimum absolute atomic E-state index is 0.00135. The number of hydrogen-bond acceptors (Lipinski definition) is 8. The van der Waals surface area contributed by atoms with Gasteiger partial charge < -0.3 is 43.4 Å². The summed E-state index contributed by atoms with van der Waals surface area (Å²) in [7, 11) is 0. The van der Waals surface area contributed by atoms with E-state index in [0.29, 0.717) is 13.0 Å². The van der Waals surface area contributed by atoms with Gasteiger partial charge in [-0.3, -0.25) is 19.4 Å². The molecule has 0 rings (SSSR count). The van der Waals surface area contributed by atoms with E-state index >= 15 is 0 Å². The van der Waals surface area contributed by atoms with E-state index in [1.807, 2.05) is 13.8 Å². The Hall–Kier alpha value is -2.58. The van der Waals surface area contributed by atoms with Crippen LogP contribution in [0.2, 0.25) is 0 Å². The molecule has 0 aliphatic rings. The number of rotatable bonds is 15. The van der Waals surface area contributed by atoms with Crippen LogP contribution in [0.5, 0.6) is 0 Å². The fraction of sp³-hybridized carbons (Fsp3) is 0.737. The van der Waals surface area contributed by atoms with Crippen LogP contribution in [0.4, 0.5) is 0 Å². The van der Waals surface area contributed by atoms with Crippen LogP contribution in [0.15, 0.2) is 4.99 Å². The summed E-state index contributed by atoms with van der Waals surface area (Å²) < 4.78 is 0. The smallest absolute Gasteiger partial charge is 0.327 e. The summed E-state index contributed by atoms with van der Waals surface area (Å²) >= 11 is 3.86. The zero-order valence-electron chi connectivity index (χ0n) is 19.2. The quantitative estimate of drug-likeness (QED) is 0.0499. The van der Waals surface area contributed by atoms with Gasteiger partial charge in [-0.15, -0.1) is 0 Å². The van der Waals surface area contributed by atoms with E-state index in [0.717, 1.165) is 0 Å². The fourth-order valence-electron chi connectivity index (χ4n) is 2.74. The Kier molecular flexibility index (Phi) is 14.1. The monoisotopic (exact) mass is 491 g/mol. The van der Waals surface area contributed by atoms with Crippen molar-refractivity contribution in [2.45, 2.75) is 70.3 Å². The number of amides is 3. The third-order valence-corrected chi connectivity index (χ3v) is 4.87. The fourth-order valence-corrected chi connectivity index (χ4v) is 2.99. The molecule has 5 unspecified atom stereocenters. The maximum absolute atomic E-state index is 12.8. The lowest BCUT2D eigenvalue weighted by Crippen LogP contribution is -2.60. The first-order valence-electron chi connectivity index (χ1n) is 10.5. The highest BCUT2D eigenvalue weighted by molar-refractivity contribution is 7.80. The first-order chi connectivity index (χ1) is 15.3. The first-order valence-corrected chi connectivity index (χ1v) is 11.2. The lowest BCUT2D eigenvalue weighted by atomic mass is 10.0. The second kappa shape index (κ2) is 15.3. The van der Waals surface area contributed by atoms with Crippen molar-refractivity contribution in [2.75, 3.05) is 12.3 Å².